The SMILES string of the molecule is CNS(=O)(=O)c1ccc(CCl)cc1F. The van der Waals surface area contributed by atoms with Gasteiger partial charge in [0.15, 0.2) is 0 Å². The summed E-state index contributed by atoms with van der Waals surface area (Å²) in [4.78, 5) is -0.367. The molecular formula is C8H9ClFNO2S. The van der Waals surface area contributed by atoms with Crippen molar-refractivity contribution in [2.75, 3.05) is 7.05 Å². The zero-order chi connectivity index (χ0) is 10.8. The predicted molar refractivity (Wildman–Crippen MR) is 52.2 cm³/mol. The van der Waals surface area contributed by atoms with E-state index in [0.29, 0.717) is 5.56 Å². The van der Waals surface area contributed by atoms with E-state index >= 15 is 0 Å². The summed E-state index contributed by atoms with van der Waals surface area (Å²) in [7, 11) is -2.50. The third kappa shape index (κ3) is 2.23. The quantitative estimate of drug-likeness (QED) is 0.810. The maximum absolute atomic E-state index is 13.2. The normalized spacial score (nSPS) is 11.6. The monoisotopic (exact) mass is 237 g/mol. The summed E-state index contributed by atoms with van der Waals surface area (Å²) in [5.41, 5.74) is 0.541. The Morgan fingerprint density at radius 1 is 1.50 bits per heavy atom. The first kappa shape index (κ1) is 11.4. The van der Waals surface area contributed by atoms with Gasteiger partial charge < -0.3 is 0 Å². The van der Waals surface area contributed by atoms with Gasteiger partial charge in [-0.25, -0.2) is 17.5 Å². The fraction of sp³-hybridized carbons (Fsp3) is 0.250. The van der Waals surface area contributed by atoms with E-state index in [1.165, 1.54) is 19.2 Å². The molecular weight excluding hydrogens is 229 g/mol. The first-order chi connectivity index (χ1) is 6.51. The van der Waals surface area contributed by atoms with Crippen LogP contribution in [0.3, 0.4) is 0 Å². The molecule has 0 aliphatic heterocycles. The summed E-state index contributed by atoms with van der Waals surface area (Å²) in [6.07, 6.45) is 0. The molecule has 0 radical (unpaired) electrons. The molecule has 14 heavy (non-hydrogen) atoms. The highest BCUT2D eigenvalue weighted by Crippen LogP contribution is 2.16. The molecule has 0 aromatic heterocycles. The molecule has 0 amide bonds. The molecule has 1 aromatic carbocycles. The van der Waals surface area contributed by atoms with Crippen LogP contribution in [0.2, 0.25) is 0 Å². The molecule has 0 atom stereocenters. The maximum Gasteiger partial charge on any atom is 0.243 e. The van der Waals surface area contributed by atoms with Gasteiger partial charge in [-0.05, 0) is 24.7 Å². The predicted octanol–water partition coefficient (Wildman–Crippen LogP) is 1.47. The molecule has 6 heteroatoms. The Hall–Kier alpha value is -0.650. The standard InChI is InChI=1S/C8H9ClFNO2S/c1-11-14(12,13)8-3-2-6(5-9)4-7(8)10/h2-4,11H,5H2,1H3. The van der Waals surface area contributed by atoms with Crippen molar-refractivity contribution in [1.29, 1.82) is 0 Å². The molecule has 78 valence electrons. The first-order valence-corrected chi connectivity index (χ1v) is 5.81. The minimum absolute atomic E-state index is 0.150. The van der Waals surface area contributed by atoms with Crippen LogP contribution in [0.15, 0.2) is 23.1 Å². The largest absolute Gasteiger partial charge is 0.243 e. The van der Waals surface area contributed by atoms with Gasteiger partial charge in [0.25, 0.3) is 0 Å². The number of nitrogens with one attached hydrogen (secondary N) is 1. The van der Waals surface area contributed by atoms with Gasteiger partial charge in [0, 0.05) is 5.88 Å². The fourth-order valence-electron chi connectivity index (χ4n) is 0.955. The molecule has 0 heterocycles. The highest BCUT2D eigenvalue weighted by molar-refractivity contribution is 7.89. The lowest BCUT2D eigenvalue weighted by Crippen LogP contribution is -2.19. The van der Waals surface area contributed by atoms with E-state index in [1.807, 2.05) is 4.72 Å². The average Bonchev–Trinajstić information content (AvgIpc) is 2.17. The molecule has 0 fully saturated rings. The Balaban J connectivity index is 3.26. The first-order valence-electron chi connectivity index (χ1n) is 3.79. The molecule has 1 rings (SSSR count). The summed E-state index contributed by atoms with van der Waals surface area (Å²) in [5, 5.41) is 0. The fourth-order valence-corrected chi connectivity index (χ4v) is 1.90. The highest BCUT2D eigenvalue weighted by Gasteiger charge is 2.16. The van der Waals surface area contributed by atoms with E-state index in [4.69, 9.17) is 11.6 Å². The van der Waals surface area contributed by atoms with Crippen molar-refractivity contribution in [3.05, 3.63) is 29.6 Å². The summed E-state index contributed by atoms with van der Waals surface area (Å²) < 4.78 is 37.8. The van der Waals surface area contributed by atoms with Crippen molar-refractivity contribution >= 4 is 21.6 Å². The molecule has 0 saturated carbocycles. The molecule has 0 saturated heterocycles. The molecule has 0 unspecified atom stereocenters. The van der Waals surface area contributed by atoms with Gasteiger partial charge in [-0.2, -0.15) is 0 Å². The van der Waals surface area contributed by atoms with Gasteiger partial charge in [-0.15, -0.1) is 11.6 Å². The molecule has 0 aliphatic rings. The Kier molecular flexibility index (Phi) is 3.47. The number of hydrogen-bond acceptors (Lipinski definition) is 2. The van der Waals surface area contributed by atoms with Gasteiger partial charge in [-0.3, -0.25) is 0 Å². The Labute approximate surface area is 86.9 Å². The zero-order valence-electron chi connectivity index (χ0n) is 7.42. The van der Waals surface area contributed by atoms with Crippen molar-refractivity contribution in [1.82, 2.24) is 4.72 Å². The number of hydrogen-bond donors (Lipinski definition) is 1. The van der Waals surface area contributed by atoms with Crippen molar-refractivity contribution in [2.24, 2.45) is 0 Å². The molecule has 0 spiro atoms. The van der Waals surface area contributed by atoms with Crippen LogP contribution in [0.25, 0.3) is 0 Å². The average molecular weight is 238 g/mol. The van der Waals surface area contributed by atoms with Crippen molar-refractivity contribution < 1.29 is 12.8 Å². The number of halogens is 2. The minimum atomic E-state index is -3.72. The topological polar surface area (TPSA) is 46.2 Å². The molecule has 0 bridgehead atoms. The summed E-state index contributed by atoms with van der Waals surface area (Å²) in [6, 6.07) is 3.77. The van der Waals surface area contributed by atoms with Crippen molar-refractivity contribution in [3.63, 3.8) is 0 Å². The van der Waals surface area contributed by atoms with Crippen LogP contribution in [0, 0.1) is 5.82 Å². The van der Waals surface area contributed by atoms with Gasteiger partial charge >= 0.3 is 0 Å². The van der Waals surface area contributed by atoms with Gasteiger partial charge in [-0.1, -0.05) is 6.07 Å². The summed E-state index contributed by atoms with van der Waals surface area (Å²) >= 11 is 5.47. The minimum Gasteiger partial charge on any atom is -0.214 e. The van der Waals surface area contributed by atoms with E-state index in [0.717, 1.165) is 6.07 Å². The summed E-state index contributed by atoms with van der Waals surface area (Å²) in [6.45, 7) is 0. The number of sulfonamides is 1. The molecule has 3 nitrogen and oxygen atoms in total. The zero-order valence-corrected chi connectivity index (χ0v) is 8.99. The van der Waals surface area contributed by atoms with Crippen LogP contribution in [0.1, 0.15) is 5.56 Å². The lowest BCUT2D eigenvalue weighted by atomic mass is 10.2. The number of rotatable bonds is 3. The van der Waals surface area contributed by atoms with Gasteiger partial charge in [0.2, 0.25) is 10.0 Å². The van der Waals surface area contributed by atoms with Crippen molar-refractivity contribution in [2.45, 2.75) is 10.8 Å². The molecule has 1 aromatic rings. The van der Waals surface area contributed by atoms with E-state index < -0.39 is 15.8 Å². The van der Waals surface area contributed by atoms with Gasteiger partial charge in [0.05, 0.1) is 0 Å². The third-order valence-electron chi connectivity index (χ3n) is 1.71. The Bertz CT molecular complexity index is 433. The van der Waals surface area contributed by atoms with Crippen LogP contribution < -0.4 is 4.72 Å². The lowest BCUT2D eigenvalue weighted by Gasteiger charge is -2.04. The van der Waals surface area contributed by atoms with E-state index in [-0.39, 0.29) is 10.8 Å². The smallest absolute Gasteiger partial charge is 0.214 e. The van der Waals surface area contributed by atoms with Crippen molar-refractivity contribution in [3.8, 4) is 0 Å². The second kappa shape index (κ2) is 4.25. The highest BCUT2D eigenvalue weighted by atomic mass is 35.5. The van der Waals surface area contributed by atoms with Gasteiger partial charge in [0.1, 0.15) is 10.7 Å². The second-order valence-corrected chi connectivity index (χ2v) is 4.73. The van der Waals surface area contributed by atoms with Crippen LogP contribution in [0.5, 0.6) is 0 Å². The van der Waals surface area contributed by atoms with Crippen LogP contribution >= 0.6 is 11.6 Å². The van der Waals surface area contributed by atoms with E-state index in [2.05, 4.69) is 0 Å². The Morgan fingerprint density at radius 2 is 2.14 bits per heavy atom. The van der Waals surface area contributed by atoms with E-state index in [1.54, 1.807) is 0 Å². The number of benzene rings is 1. The number of alkyl halides is 1. The van der Waals surface area contributed by atoms with Crippen LogP contribution in [-0.2, 0) is 15.9 Å². The maximum atomic E-state index is 13.2. The molecule has 0 aliphatic carbocycles. The van der Waals surface area contributed by atoms with E-state index in [9.17, 15) is 12.8 Å². The van der Waals surface area contributed by atoms with Crippen LogP contribution in [-0.4, -0.2) is 15.5 Å². The second-order valence-electron chi connectivity index (χ2n) is 2.61. The summed E-state index contributed by atoms with van der Waals surface area (Å²) in [5.74, 6) is -0.644. The lowest BCUT2D eigenvalue weighted by molar-refractivity contribution is 0.561. The van der Waals surface area contributed by atoms with Crippen LogP contribution in [0.4, 0.5) is 4.39 Å². The third-order valence-corrected chi connectivity index (χ3v) is 3.47. The molecule has 1 N–H and O–H groups in total. The Morgan fingerprint density at radius 3 is 2.57 bits per heavy atom.